The zero-order valence-electron chi connectivity index (χ0n) is 11.6. The Morgan fingerprint density at radius 2 is 2.14 bits per heavy atom. The van der Waals surface area contributed by atoms with E-state index in [0.717, 1.165) is 24.0 Å². The number of carbonyl (C=O) groups excluding carboxylic acids is 1. The number of hydrogen-bond donors (Lipinski definition) is 2. The zero-order valence-corrected chi connectivity index (χ0v) is 11.6. The van der Waals surface area contributed by atoms with Gasteiger partial charge in [-0.15, -0.1) is 0 Å². The number of nitrogens with two attached hydrogens (primary N) is 1. The van der Waals surface area contributed by atoms with Crippen molar-refractivity contribution in [1.29, 1.82) is 0 Å². The molecule has 0 aromatic carbocycles. The van der Waals surface area contributed by atoms with E-state index >= 15 is 0 Å². The van der Waals surface area contributed by atoms with Crippen LogP contribution in [-0.4, -0.2) is 15.9 Å². The molecule has 3 atom stereocenters. The van der Waals surface area contributed by atoms with Gasteiger partial charge in [-0.25, -0.2) is 0 Å². The molecule has 2 fully saturated rings. The summed E-state index contributed by atoms with van der Waals surface area (Å²) in [7, 11) is 0. The van der Waals surface area contributed by atoms with Gasteiger partial charge >= 0.3 is 0 Å². The molecule has 3 N–H and O–H groups in total. The van der Waals surface area contributed by atoms with Gasteiger partial charge in [-0.2, -0.15) is 0 Å². The molecule has 0 radical (unpaired) electrons. The molecule has 5 nitrogen and oxygen atoms in total. The Morgan fingerprint density at radius 1 is 1.29 bits per heavy atom. The maximum Gasteiger partial charge on any atom is 0.268 e. The zero-order chi connectivity index (χ0) is 14.6. The number of nitrogens with one attached hydrogen (secondary N) is 1. The van der Waals surface area contributed by atoms with Crippen LogP contribution >= 0.6 is 0 Å². The van der Waals surface area contributed by atoms with Crippen LogP contribution in [0.3, 0.4) is 0 Å². The van der Waals surface area contributed by atoms with Crippen LogP contribution in [0, 0.1) is 11.8 Å². The number of hydrogen-bond acceptors (Lipinski definition) is 3. The topological polar surface area (TPSA) is 88.8 Å². The summed E-state index contributed by atoms with van der Waals surface area (Å²) in [6.45, 7) is 0. The first kappa shape index (κ1) is 12.6. The highest BCUT2D eigenvalue weighted by molar-refractivity contribution is 6.03. The fourth-order valence-corrected chi connectivity index (χ4v) is 3.76. The normalized spacial score (nSPS) is 27.3. The minimum Gasteiger partial charge on any atom is -0.364 e. The van der Waals surface area contributed by atoms with Gasteiger partial charge in [0, 0.05) is 18.0 Å². The summed E-state index contributed by atoms with van der Waals surface area (Å²) in [6.07, 6.45) is 6.43. The van der Waals surface area contributed by atoms with Crippen LogP contribution in [0.4, 0.5) is 0 Å². The van der Waals surface area contributed by atoms with E-state index in [0.29, 0.717) is 16.8 Å². The predicted octanol–water partition coefficient (Wildman–Crippen LogP) is 1.93. The van der Waals surface area contributed by atoms with E-state index in [9.17, 15) is 9.59 Å². The van der Waals surface area contributed by atoms with Crippen LogP contribution in [0.5, 0.6) is 0 Å². The predicted molar refractivity (Wildman–Crippen MR) is 79.1 cm³/mol. The average Bonchev–Trinajstić information content (AvgIpc) is 3.24. The molecule has 2 heterocycles. The van der Waals surface area contributed by atoms with E-state index in [1.807, 2.05) is 0 Å². The molecular formula is C16H17N3O2. The fraction of sp³-hybridized carbons (Fsp3) is 0.438. The molecule has 0 bridgehead atoms. The Morgan fingerprint density at radius 3 is 2.90 bits per heavy atom. The Hall–Kier alpha value is -2.17. The van der Waals surface area contributed by atoms with E-state index in [4.69, 9.17) is 5.73 Å². The molecule has 108 valence electrons. The van der Waals surface area contributed by atoms with Crippen LogP contribution in [0.15, 0.2) is 23.1 Å². The molecular weight excluding hydrogens is 266 g/mol. The van der Waals surface area contributed by atoms with E-state index in [2.05, 4.69) is 9.97 Å². The summed E-state index contributed by atoms with van der Waals surface area (Å²) in [4.78, 5) is 31.1. The van der Waals surface area contributed by atoms with E-state index in [1.165, 1.54) is 25.5 Å². The molecule has 21 heavy (non-hydrogen) atoms. The molecule has 0 aliphatic heterocycles. The Bertz CT molecular complexity index is 796. The third kappa shape index (κ3) is 2.04. The van der Waals surface area contributed by atoms with Crippen LogP contribution in [0.2, 0.25) is 0 Å². The van der Waals surface area contributed by atoms with Crippen LogP contribution in [0.1, 0.15) is 47.8 Å². The molecule has 2 aromatic rings. The molecule has 5 heteroatoms. The highest BCUT2D eigenvalue weighted by Crippen LogP contribution is 2.53. The van der Waals surface area contributed by atoms with Crippen molar-refractivity contribution in [2.45, 2.75) is 31.6 Å². The van der Waals surface area contributed by atoms with Crippen molar-refractivity contribution in [2.75, 3.05) is 0 Å². The lowest BCUT2D eigenvalue weighted by atomic mass is 9.86. The summed E-state index contributed by atoms with van der Waals surface area (Å²) in [5, 5.41) is 0.300. The van der Waals surface area contributed by atoms with Gasteiger partial charge in [0.2, 0.25) is 0 Å². The molecule has 4 rings (SSSR count). The van der Waals surface area contributed by atoms with E-state index < -0.39 is 5.91 Å². The third-order valence-corrected chi connectivity index (χ3v) is 4.98. The lowest BCUT2D eigenvalue weighted by Gasteiger charge is -2.21. The first-order valence-electron chi connectivity index (χ1n) is 7.45. The fourth-order valence-electron chi connectivity index (χ4n) is 3.76. The van der Waals surface area contributed by atoms with Gasteiger partial charge in [-0.05, 0) is 49.5 Å². The molecule has 2 aliphatic carbocycles. The summed E-state index contributed by atoms with van der Waals surface area (Å²) in [5.41, 5.74) is 6.82. The Balaban J connectivity index is 1.82. The highest BCUT2D eigenvalue weighted by atomic mass is 16.1. The molecule has 2 saturated carbocycles. The minimum absolute atomic E-state index is 0.0474. The number of pyridine rings is 2. The lowest BCUT2D eigenvalue weighted by molar-refractivity contribution is 0.0997. The molecule has 2 aromatic heterocycles. The Kier molecular flexibility index (Phi) is 2.64. The number of aromatic nitrogens is 2. The number of amides is 1. The van der Waals surface area contributed by atoms with Gasteiger partial charge in [0.05, 0.1) is 10.9 Å². The van der Waals surface area contributed by atoms with E-state index in [1.54, 1.807) is 12.1 Å². The van der Waals surface area contributed by atoms with Crippen molar-refractivity contribution in [3.05, 3.63) is 39.9 Å². The summed E-state index contributed by atoms with van der Waals surface area (Å²) < 4.78 is 0. The van der Waals surface area contributed by atoms with Crippen molar-refractivity contribution in [2.24, 2.45) is 17.6 Å². The quantitative estimate of drug-likeness (QED) is 0.882. The second-order valence-corrected chi connectivity index (χ2v) is 6.30. The average molecular weight is 283 g/mol. The van der Waals surface area contributed by atoms with Crippen LogP contribution < -0.4 is 11.2 Å². The second kappa shape index (κ2) is 4.41. The number of carbonyl (C=O) groups is 1. The largest absolute Gasteiger partial charge is 0.364 e. The molecule has 2 aliphatic rings. The third-order valence-electron chi connectivity index (χ3n) is 4.98. The van der Waals surface area contributed by atoms with Crippen molar-refractivity contribution in [3.63, 3.8) is 0 Å². The van der Waals surface area contributed by atoms with Crippen molar-refractivity contribution in [3.8, 4) is 0 Å². The van der Waals surface area contributed by atoms with Gasteiger partial charge in [-0.3, -0.25) is 14.6 Å². The maximum absolute atomic E-state index is 12.4. The minimum atomic E-state index is -0.669. The molecule has 0 spiro atoms. The SMILES string of the molecule is NC(=O)c1nccc2[nH]c(C3CC[C@@H]4CC4C3)cc(=O)c12. The maximum atomic E-state index is 12.4. The van der Waals surface area contributed by atoms with Crippen LogP contribution in [-0.2, 0) is 0 Å². The molecule has 1 amide bonds. The second-order valence-electron chi connectivity index (χ2n) is 6.30. The van der Waals surface area contributed by atoms with Gasteiger partial charge in [0.1, 0.15) is 5.69 Å². The van der Waals surface area contributed by atoms with Gasteiger partial charge in [-0.1, -0.05) is 0 Å². The number of H-pyrrole nitrogens is 1. The number of rotatable bonds is 2. The standard InChI is InChI=1S/C16H17N3O2/c17-16(21)15-14-11(3-4-18-15)19-12(7-13(14)20)9-2-1-8-5-10(8)6-9/h3-4,7-10H,1-2,5-6H2,(H2,17,21)(H,19,20)/t8-,9?,10?/m1/s1. The van der Waals surface area contributed by atoms with Gasteiger partial charge in [0.15, 0.2) is 5.43 Å². The van der Waals surface area contributed by atoms with Crippen molar-refractivity contribution in [1.82, 2.24) is 9.97 Å². The van der Waals surface area contributed by atoms with Crippen molar-refractivity contribution >= 4 is 16.8 Å². The number of aromatic amines is 1. The van der Waals surface area contributed by atoms with E-state index in [-0.39, 0.29) is 11.1 Å². The molecule has 2 unspecified atom stereocenters. The van der Waals surface area contributed by atoms with Crippen LogP contribution in [0.25, 0.3) is 10.9 Å². The number of primary amides is 1. The Labute approximate surface area is 121 Å². The summed E-state index contributed by atoms with van der Waals surface area (Å²) in [6, 6.07) is 3.36. The van der Waals surface area contributed by atoms with Gasteiger partial charge < -0.3 is 10.7 Å². The number of fused-ring (bicyclic) bond motifs is 2. The first-order chi connectivity index (χ1) is 10.1. The first-order valence-corrected chi connectivity index (χ1v) is 7.45. The summed E-state index contributed by atoms with van der Waals surface area (Å²) >= 11 is 0. The number of nitrogens with zero attached hydrogens (tertiary/aromatic N) is 1. The highest BCUT2D eigenvalue weighted by Gasteiger charge is 2.42. The lowest BCUT2D eigenvalue weighted by Crippen LogP contribution is -2.19. The monoisotopic (exact) mass is 283 g/mol. The molecule has 0 saturated heterocycles. The summed E-state index contributed by atoms with van der Waals surface area (Å²) in [5.74, 6) is 1.54. The van der Waals surface area contributed by atoms with Gasteiger partial charge in [0.25, 0.3) is 5.91 Å². The smallest absolute Gasteiger partial charge is 0.268 e. The van der Waals surface area contributed by atoms with Crippen molar-refractivity contribution < 1.29 is 4.79 Å².